The van der Waals surface area contributed by atoms with E-state index < -0.39 is 0 Å². The minimum absolute atomic E-state index is 0.110. The Kier molecular flexibility index (Phi) is 3.10. The molecule has 2 nitrogen and oxygen atoms in total. The van der Waals surface area contributed by atoms with Crippen LogP contribution in [0, 0.1) is 11.7 Å². The van der Waals surface area contributed by atoms with Crippen LogP contribution in [-0.4, -0.2) is 18.1 Å². The maximum Gasteiger partial charge on any atom is 0.135 e. The third kappa shape index (κ3) is 2.16. The molecule has 1 aliphatic heterocycles. The number of rotatable bonds is 2. The lowest BCUT2D eigenvalue weighted by Crippen LogP contribution is -2.20. The maximum absolute atomic E-state index is 13.7. The molecule has 1 atom stereocenters. The number of anilines is 1. The largest absolute Gasteiger partial charge is 0.389 e. The van der Waals surface area contributed by atoms with E-state index in [0.717, 1.165) is 18.8 Å². The first-order valence-corrected chi connectivity index (χ1v) is 5.83. The topological polar surface area (TPSA) is 29.3 Å². The third-order valence-corrected chi connectivity index (χ3v) is 3.23. The molecular formula is C12H15FN2S. The molecule has 1 saturated heterocycles. The van der Waals surface area contributed by atoms with Gasteiger partial charge in [0.15, 0.2) is 0 Å². The normalized spacial score (nSPS) is 20.1. The summed E-state index contributed by atoms with van der Waals surface area (Å²) in [6.45, 7) is 4.19. The lowest BCUT2D eigenvalue weighted by molar-refractivity contribution is 0.624. The molecule has 1 fully saturated rings. The van der Waals surface area contributed by atoms with E-state index >= 15 is 0 Å². The molecule has 0 aromatic heterocycles. The number of benzene rings is 1. The smallest absolute Gasteiger partial charge is 0.135 e. The number of nitrogens with two attached hydrogens (primary N) is 1. The standard InChI is InChI=1S/C12H15FN2S/c1-8-4-5-15(7-8)9-2-3-10(12(14)16)11(13)6-9/h2-3,6,8H,4-5,7H2,1H3,(H2,14,16). The van der Waals surface area contributed by atoms with E-state index in [9.17, 15) is 4.39 Å². The molecule has 1 aromatic rings. The van der Waals surface area contributed by atoms with Crippen molar-refractivity contribution >= 4 is 22.9 Å². The van der Waals surface area contributed by atoms with Gasteiger partial charge in [0.25, 0.3) is 0 Å². The molecule has 1 aromatic carbocycles. The van der Waals surface area contributed by atoms with Gasteiger partial charge < -0.3 is 10.6 Å². The van der Waals surface area contributed by atoms with Crippen molar-refractivity contribution in [3.8, 4) is 0 Å². The minimum Gasteiger partial charge on any atom is -0.389 e. The van der Waals surface area contributed by atoms with E-state index in [-0.39, 0.29) is 10.8 Å². The summed E-state index contributed by atoms with van der Waals surface area (Å²) in [6, 6.07) is 5.07. The summed E-state index contributed by atoms with van der Waals surface area (Å²) >= 11 is 4.77. The van der Waals surface area contributed by atoms with Gasteiger partial charge in [0.1, 0.15) is 10.8 Å². The van der Waals surface area contributed by atoms with E-state index in [1.165, 1.54) is 12.5 Å². The zero-order valence-electron chi connectivity index (χ0n) is 9.24. The van der Waals surface area contributed by atoms with E-state index in [2.05, 4.69) is 11.8 Å². The second kappa shape index (κ2) is 4.37. The van der Waals surface area contributed by atoms with Gasteiger partial charge in [0.2, 0.25) is 0 Å². The van der Waals surface area contributed by atoms with Gasteiger partial charge in [0.05, 0.1) is 0 Å². The van der Waals surface area contributed by atoms with Gasteiger partial charge in [-0.15, -0.1) is 0 Å². The van der Waals surface area contributed by atoms with Gasteiger partial charge in [-0.25, -0.2) is 4.39 Å². The van der Waals surface area contributed by atoms with Crippen LogP contribution in [0.2, 0.25) is 0 Å². The van der Waals surface area contributed by atoms with Crippen LogP contribution in [0.4, 0.5) is 10.1 Å². The van der Waals surface area contributed by atoms with Gasteiger partial charge in [-0.3, -0.25) is 0 Å². The van der Waals surface area contributed by atoms with E-state index in [4.69, 9.17) is 18.0 Å². The highest BCUT2D eigenvalue weighted by atomic mass is 32.1. The Bertz CT molecular complexity index is 419. The Labute approximate surface area is 100 Å². The first-order chi connectivity index (χ1) is 7.58. The molecule has 2 N–H and O–H groups in total. The third-order valence-electron chi connectivity index (χ3n) is 3.01. The average Bonchev–Trinajstić information content (AvgIpc) is 2.64. The van der Waals surface area contributed by atoms with Crippen molar-refractivity contribution < 1.29 is 4.39 Å². The van der Waals surface area contributed by atoms with Crippen LogP contribution in [0.5, 0.6) is 0 Å². The summed E-state index contributed by atoms with van der Waals surface area (Å²) in [6.07, 6.45) is 1.17. The number of hydrogen-bond acceptors (Lipinski definition) is 2. The molecule has 2 rings (SSSR count). The maximum atomic E-state index is 13.7. The fourth-order valence-electron chi connectivity index (χ4n) is 2.07. The fraction of sp³-hybridized carbons (Fsp3) is 0.417. The lowest BCUT2D eigenvalue weighted by atomic mass is 10.1. The quantitative estimate of drug-likeness (QED) is 0.802. The van der Waals surface area contributed by atoms with E-state index in [1.54, 1.807) is 6.07 Å². The molecule has 86 valence electrons. The van der Waals surface area contributed by atoms with Crippen LogP contribution < -0.4 is 10.6 Å². The summed E-state index contributed by atoms with van der Waals surface area (Å²) < 4.78 is 13.7. The van der Waals surface area contributed by atoms with Crippen molar-refractivity contribution in [2.45, 2.75) is 13.3 Å². The monoisotopic (exact) mass is 238 g/mol. The molecule has 0 bridgehead atoms. The van der Waals surface area contributed by atoms with Gasteiger partial charge in [-0.05, 0) is 30.5 Å². The molecule has 4 heteroatoms. The Morgan fingerprint density at radius 2 is 2.31 bits per heavy atom. The van der Waals surface area contributed by atoms with Crippen molar-refractivity contribution in [3.05, 3.63) is 29.6 Å². The summed E-state index contributed by atoms with van der Waals surface area (Å²) in [5.41, 5.74) is 6.66. The van der Waals surface area contributed by atoms with Crippen LogP contribution in [0.15, 0.2) is 18.2 Å². The minimum atomic E-state index is -0.329. The zero-order chi connectivity index (χ0) is 11.7. The van der Waals surface area contributed by atoms with Crippen molar-refractivity contribution in [2.75, 3.05) is 18.0 Å². The zero-order valence-corrected chi connectivity index (χ0v) is 10.1. The van der Waals surface area contributed by atoms with Gasteiger partial charge in [-0.2, -0.15) is 0 Å². The Balaban J connectivity index is 2.24. The predicted molar refractivity (Wildman–Crippen MR) is 68.3 cm³/mol. The molecule has 0 radical (unpaired) electrons. The molecule has 0 amide bonds. The summed E-state index contributed by atoms with van der Waals surface area (Å²) in [4.78, 5) is 2.30. The summed E-state index contributed by atoms with van der Waals surface area (Å²) in [5, 5.41) is 0. The first-order valence-electron chi connectivity index (χ1n) is 5.42. The molecule has 0 spiro atoms. The van der Waals surface area contributed by atoms with Crippen LogP contribution in [0.1, 0.15) is 18.9 Å². The molecule has 0 aliphatic carbocycles. The van der Waals surface area contributed by atoms with Crippen molar-refractivity contribution in [2.24, 2.45) is 11.7 Å². The van der Waals surface area contributed by atoms with Crippen LogP contribution in [0.3, 0.4) is 0 Å². The number of thiocarbonyl (C=S) groups is 1. The van der Waals surface area contributed by atoms with Crippen molar-refractivity contribution in [3.63, 3.8) is 0 Å². The van der Waals surface area contributed by atoms with Crippen molar-refractivity contribution in [1.29, 1.82) is 0 Å². The highest BCUT2D eigenvalue weighted by Gasteiger charge is 2.19. The molecule has 16 heavy (non-hydrogen) atoms. The number of halogens is 1. The Hall–Kier alpha value is -1.16. The van der Waals surface area contributed by atoms with Gasteiger partial charge >= 0.3 is 0 Å². The second-order valence-corrected chi connectivity index (χ2v) is 4.81. The van der Waals surface area contributed by atoms with Crippen LogP contribution in [-0.2, 0) is 0 Å². The van der Waals surface area contributed by atoms with Crippen molar-refractivity contribution in [1.82, 2.24) is 0 Å². The van der Waals surface area contributed by atoms with E-state index in [1.807, 2.05) is 6.07 Å². The summed E-state index contributed by atoms with van der Waals surface area (Å²) in [5.74, 6) is 0.350. The highest BCUT2D eigenvalue weighted by Crippen LogP contribution is 2.25. The second-order valence-electron chi connectivity index (χ2n) is 4.37. The average molecular weight is 238 g/mol. The van der Waals surface area contributed by atoms with Gasteiger partial charge in [0, 0.05) is 24.3 Å². The lowest BCUT2D eigenvalue weighted by Gasteiger charge is -2.18. The number of hydrogen-bond donors (Lipinski definition) is 1. The van der Waals surface area contributed by atoms with Gasteiger partial charge in [-0.1, -0.05) is 19.1 Å². The Morgan fingerprint density at radius 3 is 2.81 bits per heavy atom. The SMILES string of the molecule is CC1CCN(c2ccc(C(N)=S)c(F)c2)C1. The van der Waals surface area contributed by atoms with Crippen LogP contribution >= 0.6 is 12.2 Å². The van der Waals surface area contributed by atoms with E-state index in [0.29, 0.717) is 11.5 Å². The molecule has 1 aliphatic rings. The number of nitrogens with zero attached hydrogens (tertiary/aromatic N) is 1. The first kappa shape index (κ1) is 11.3. The fourth-order valence-corrected chi connectivity index (χ4v) is 2.24. The molecule has 0 saturated carbocycles. The molecule has 1 heterocycles. The van der Waals surface area contributed by atoms with Crippen LogP contribution in [0.25, 0.3) is 0 Å². The molecule has 1 unspecified atom stereocenters. The predicted octanol–water partition coefficient (Wildman–Crippen LogP) is 2.31. The molecular weight excluding hydrogens is 223 g/mol. The Morgan fingerprint density at radius 1 is 1.56 bits per heavy atom. The summed E-state index contributed by atoms with van der Waals surface area (Å²) in [7, 11) is 0. The highest BCUT2D eigenvalue weighted by molar-refractivity contribution is 7.80.